The lowest BCUT2D eigenvalue weighted by molar-refractivity contribution is -0.145. The third kappa shape index (κ3) is 7.47. The zero-order chi connectivity index (χ0) is 25.8. The fourth-order valence-electron chi connectivity index (χ4n) is 4.92. The van der Waals surface area contributed by atoms with Crippen molar-refractivity contribution in [2.24, 2.45) is 0 Å². The Morgan fingerprint density at radius 1 is 0.974 bits per heavy atom. The number of hydrogen-bond acceptors (Lipinski definition) is 6. The summed E-state index contributed by atoms with van der Waals surface area (Å²) >= 11 is 0. The van der Waals surface area contributed by atoms with E-state index in [0.29, 0.717) is 44.2 Å². The van der Waals surface area contributed by atoms with Crippen molar-refractivity contribution in [1.29, 1.82) is 0 Å². The highest BCUT2D eigenvalue weighted by atomic mass is 35.5. The molecular formula is C28H39Cl2N5O3. The normalized spacial score (nSPS) is 13.9. The molecule has 1 aliphatic carbocycles. The summed E-state index contributed by atoms with van der Waals surface area (Å²) in [5.41, 5.74) is 5.90. The van der Waals surface area contributed by atoms with E-state index in [-0.39, 0.29) is 55.5 Å². The minimum atomic E-state index is -0.157. The molecule has 0 atom stereocenters. The van der Waals surface area contributed by atoms with E-state index < -0.39 is 0 Å². The van der Waals surface area contributed by atoms with Gasteiger partial charge in [0.25, 0.3) is 5.91 Å². The largest absolute Gasteiger partial charge is 0.353 e. The van der Waals surface area contributed by atoms with E-state index in [0.717, 1.165) is 23.2 Å². The molecule has 8 nitrogen and oxygen atoms in total. The van der Waals surface area contributed by atoms with E-state index in [1.807, 2.05) is 36.2 Å². The number of Topliss-reactive ketones (excluding diaryl/α,β-unsaturated/α-hetero) is 1. The molecule has 2 aliphatic rings. The number of nitrogens with zero attached hydrogens (tertiary/aromatic N) is 3. The first-order valence-corrected chi connectivity index (χ1v) is 12.7. The molecule has 0 spiro atoms. The molecule has 0 aromatic heterocycles. The lowest BCUT2D eigenvalue weighted by Crippen LogP contribution is -2.48. The van der Waals surface area contributed by atoms with E-state index in [1.165, 1.54) is 11.1 Å². The van der Waals surface area contributed by atoms with Crippen molar-refractivity contribution >= 4 is 48.1 Å². The maximum Gasteiger partial charge on any atom is 0.256 e. The van der Waals surface area contributed by atoms with Crippen LogP contribution in [0, 0.1) is 6.92 Å². The number of anilines is 1. The van der Waals surface area contributed by atoms with Crippen molar-refractivity contribution < 1.29 is 14.4 Å². The molecule has 0 saturated carbocycles. The van der Waals surface area contributed by atoms with Gasteiger partial charge in [-0.15, -0.1) is 24.8 Å². The molecule has 2 aromatic rings. The second-order valence-corrected chi connectivity index (χ2v) is 10.0. The van der Waals surface area contributed by atoms with Gasteiger partial charge in [-0.1, -0.05) is 44.2 Å². The van der Waals surface area contributed by atoms with Crippen LogP contribution < -0.4 is 15.5 Å². The number of likely N-dealkylation sites (N-methyl/N-ethyl adjacent to an activating group) is 1. The maximum absolute atomic E-state index is 13.4. The van der Waals surface area contributed by atoms with Crippen LogP contribution in [0.25, 0.3) is 0 Å². The number of aryl methyl sites for hydroxylation is 2. The number of ketones is 1. The van der Waals surface area contributed by atoms with Crippen LogP contribution in [-0.4, -0.2) is 66.9 Å². The number of benzene rings is 2. The Kier molecular flexibility index (Phi) is 11.6. The number of carbonyl (C=O) groups is 3. The van der Waals surface area contributed by atoms with Crippen molar-refractivity contribution in [1.82, 2.24) is 20.7 Å². The number of amides is 2. The highest BCUT2D eigenvalue weighted by molar-refractivity contribution is 6.01. The van der Waals surface area contributed by atoms with Crippen molar-refractivity contribution in [3.63, 3.8) is 0 Å². The Morgan fingerprint density at radius 3 is 2.26 bits per heavy atom. The second-order valence-electron chi connectivity index (χ2n) is 10.0. The SMILES string of the molecule is Cc1cc2c(cc1N(CC(=O)NCCNC(C)C)CC(=O)N(C)N1Cc3ccccc3C1)C(=O)CC2.Cl.Cl. The molecule has 38 heavy (non-hydrogen) atoms. The Bertz CT molecular complexity index is 1130. The van der Waals surface area contributed by atoms with Gasteiger partial charge in [-0.3, -0.25) is 19.4 Å². The van der Waals surface area contributed by atoms with Crippen LogP contribution in [0.2, 0.25) is 0 Å². The molecule has 4 rings (SSSR count). The molecule has 2 aromatic carbocycles. The van der Waals surface area contributed by atoms with Gasteiger partial charge in [0.15, 0.2) is 5.78 Å². The number of carbonyl (C=O) groups excluding carboxylic acids is 3. The lowest BCUT2D eigenvalue weighted by Gasteiger charge is -2.32. The summed E-state index contributed by atoms with van der Waals surface area (Å²) in [6.07, 6.45) is 1.26. The second kappa shape index (κ2) is 13.9. The molecule has 0 fully saturated rings. The third-order valence-corrected chi connectivity index (χ3v) is 6.95. The first kappa shape index (κ1) is 31.6. The van der Waals surface area contributed by atoms with Gasteiger partial charge >= 0.3 is 0 Å². The minimum absolute atomic E-state index is 0. The Morgan fingerprint density at radius 2 is 1.63 bits per heavy atom. The molecule has 0 unspecified atom stereocenters. The smallest absolute Gasteiger partial charge is 0.256 e. The summed E-state index contributed by atoms with van der Waals surface area (Å²) in [6.45, 7) is 8.69. The molecule has 1 aliphatic heterocycles. The van der Waals surface area contributed by atoms with Crippen LogP contribution in [0.3, 0.4) is 0 Å². The Hall–Kier alpha value is -2.65. The van der Waals surface area contributed by atoms with E-state index in [2.05, 4.69) is 36.6 Å². The van der Waals surface area contributed by atoms with Crippen molar-refractivity contribution in [3.05, 3.63) is 64.2 Å². The Balaban J connectivity index is 0.00000253. The van der Waals surface area contributed by atoms with Crippen molar-refractivity contribution in [2.75, 3.05) is 38.1 Å². The quantitative estimate of drug-likeness (QED) is 0.431. The summed E-state index contributed by atoms with van der Waals surface area (Å²) in [6, 6.07) is 12.4. The number of rotatable bonds is 10. The van der Waals surface area contributed by atoms with Crippen LogP contribution in [0.1, 0.15) is 52.9 Å². The van der Waals surface area contributed by atoms with Crippen LogP contribution in [0.4, 0.5) is 5.69 Å². The molecule has 0 saturated heterocycles. The van der Waals surface area contributed by atoms with E-state index >= 15 is 0 Å². The first-order chi connectivity index (χ1) is 17.2. The molecule has 0 radical (unpaired) electrons. The highest BCUT2D eigenvalue weighted by Gasteiger charge is 2.28. The average Bonchev–Trinajstić information content (AvgIpc) is 3.43. The van der Waals surface area contributed by atoms with Crippen LogP contribution in [0.15, 0.2) is 36.4 Å². The number of nitrogens with one attached hydrogen (secondary N) is 2. The topological polar surface area (TPSA) is 85.0 Å². The molecule has 208 valence electrons. The van der Waals surface area contributed by atoms with Gasteiger partial charge in [-0.25, -0.2) is 5.01 Å². The summed E-state index contributed by atoms with van der Waals surface area (Å²) in [7, 11) is 1.78. The van der Waals surface area contributed by atoms with Crippen molar-refractivity contribution in [3.8, 4) is 0 Å². The van der Waals surface area contributed by atoms with Gasteiger partial charge in [0, 0.05) is 56.9 Å². The zero-order valence-corrected chi connectivity index (χ0v) is 24.2. The average molecular weight is 565 g/mol. The minimum Gasteiger partial charge on any atom is -0.353 e. The van der Waals surface area contributed by atoms with Gasteiger partial charge in [0.05, 0.1) is 13.1 Å². The van der Waals surface area contributed by atoms with Gasteiger partial charge in [0.2, 0.25) is 5.91 Å². The van der Waals surface area contributed by atoms with Crippen LogP contribution in [-0.2, 0) is 29.1 Å². The predicted octanol–water partition coefficient (Wildman–Crippen LogP) is 3.28. The fourth-order valence-corrected chi connectivity index (χ4v) is 4.92. The third-order valence-electron chi connectivity index (χ3n) is 6.95. The standard InChI is InChI=1S/C28H37N5O3.2ClH/c1-19(2)29-11-12-30-27(35)17-32(25-14-24-21(13-20(25)3)9-10-26(24)34)18-28(36)31(4)33-15-22-7-5-6-8-23(22)16-33;;/h5-8,13-14,19,29H,9-12,15-18H2,1-4H3,(H,30,35);2*1H. The monoisotopic (exact) mass is 563 g/mol. The molecule has 0 bridgehead atoms. The van der Waals surface area contributed by atoms with Gasteiger partial charge < -0.3 is 15.5 Å². The molecule has 2 amide bonds. The van der Waals surface area contributed by atoms with Crippen molar-refractivity contribution in [2.45, 2.75) is 52.7 Å². The van der Waals surface area contributed by atoms with Gasteiger partial charge in [-0.05, 0) is 41.7 Å². The zero-order valence-electron chi connectivity index (χ0n) is 22.6. The summed E-state index contributed by atoms with van der Waals surface area (Å²) < 4.78 is 0. The Labute approximate surface area is 237 Å². The van der Waals surface area contributed by atoms with Crippen LogP contribution >= 0.6 is 24.8 Å². The van der Waals surface area contributed by atoms with E-state index in [4.69, 9.17) is 0 Å². The molecular weight excluding hydrogens is 525 g/mol. The fraction of sp³-hybridized carbons (Fsp3) is 0.464. The maximum atomic E-state index is 13.4. The van der Waals surface area contributed by atoms with E-state index in [9.17, 15) is 14.4 Å². The van der Waals surface area contributed by atoms with E-state index in [1.54, 1.807) is 17.0 Å². The lowest BCUT2D eigenvalue weighted by atomic mass is 10.0. The number of halogens is 2. The predicted molar refractivity (Wildman–Crippen MR) is 155 cm³/mol. The first-order valence-electron chi connectivity index (χ1n) is 12.7. The molecule has 2 N–H and O–H groups in total. The van der Waals surface area contributed by atoms with Crippen LogP contribution in [0.5, 0.6) is 0 Å². The number of fused-ring (bicyclic) bond motifs is 2. The summed E-state index contributed by atoms with van der Waals surface area (Å²) in [4.78, 5) is 40.5. The highest BCUT2D eigenvalue weighted by Crippen LogP contribution is 2.31. The summed E-state index contributed by atoms with van der Waals surface area (Å²) in [5.74, 6) is -0.146. The van der Waals surface area contributed by atoms with Gasteiger partial charge in [-0.2, -0.15) is 0 Å². The molecule has 10 heteroatoms. The number of hydrogen-bond donors (Lipinski definition) is 2. The summed E-state index contributed by atoms with van der Waals surface area (Å²) in [5, 5.41) is 9.90. The number of hydrazine groups is 1. The molecule has 1 heterocycles. The van der Waals surface area contributed by atoms with Gasteiger partial charge in [0.1, 0.15) is 0 Å².